The second-order valence-corrected chi connectivity index (χ2v) is 0.533. The Morgan fingerprint density at radius 3 is 1.20 bits per heavy atom. The van der Waals surface area contributed by atoms with Gasteiger partial charge < -0.3 is 26.6 Å². The summed E-state index contributed by atoms with van der Waals surface area (Å²) in [6.45, 7) is 0. The Morgan fingerprint density at radius 2 is 1.20 bits per heavy atom. The molecule has 0 aromatic heterocycles. The van der Waals surface area contributed by atoms with Crippen LogP contribution in [0.5, 0.6) is 0 Å². The maximum absolute atomic E-state index is 8.56. The molecule has 0 aromatic carbocycles. The van der Waals surface area contributed by atoms with E-state index < -0.39 is 12.3 Å². The molecule has 0 saturated carbocycles. The molecule has 0 heterocycles. The van der Waals surface area contributed by atoms with Gasteiger partial charge in [-0.15, -0.1) is 0 Å². The molecule has 0 atom stereocenters. The third-order valence-electron chi connectivity index (χ3n) is 0. The molecule has 0 aliphatic carbocycles. The fourth-order valence-corrected chi connectivity index (χ4v) is 0. The summed E-state index contributed by atoms with van der Waals surface area (Å²) in [5.74, 6) is 0. The average molecular weight is 170 g/mol. The molecule has 0 rings (SSSR count). The van der Waals surface area contributed by atoms with Crippen LogP contribution in [0.2, 0.25) is 0 Å². The zero-order valence-electron chi connectivity index (χ0n) is 7.53. The molecule has 0 aliphatic heterocycles. The Kier molecular flexibility index (Phi) is 36.5. The Balaban J connectivity index is -0.0000000112. The van der Waals surface area contributed by atoms with Crippen molar-refractivity contribution in [3.63, 3.8) is 0 Å². The van der Waals surface area contributed by atoms with Crippen LogP contribution in [-0.4, -0.2) is 22.5 Å². The van der Waals surface area contributed by atoms with Crippen molar-refractivity contribution < 1.29 is 92.0 Å². The van der Waals surface area contributed by atoms with Crippen molar-refractivity contribution in [1.29, 1.82) is 0 Å². The van der Waals surface area contributed by atoms with Gasteiger partial charge in [0.25, 0.3) is 0 Å². The summed E-state index contributed by atoms with van der Waals surface area (Å²) in [6, 6.07) is 0. The van der Waals surface area contributed by atoms with E-state index in [1.165, 1.54) is 0 Å². The quantitative estimate of drug-likeness (QED) is 0.348. The minimum Gasteiger partial charge on any atom is -1.00 e. The second kappa shape index (κ2) is 16.3. The summed E-state index contributed by atoms with van der Waals surface area (Å²) in [5, 5.41) is 30.6. The summed E-state index contributed by atoms with van der Waals surface area (Å²) >= 11 is 0. The van der Waals surface area contributed by atoms with E-state index in [1.54, 1.807) is 0 Å². The molecule has 0 bridgehead atoms. The van der Waals surface area contributed by atoms with Crippen LogP contribution in [-0.2, 0) is 0 Å². The van der Waals surface area contributed by atoms with E-state index in [9.17, 15) is 0 Å². The Bertz CT molecular complexity index is 79.5. The molecule has 0 spiro atoms. The normalized spacial score (nSPS) is 4.80. The van der Waals surface area contributed by atoms with Gasteiger partial charge in [-0.3, -0.25) is 0 Å². The first-order valence-electron chi connectivity index (χ1n) is 1.26. The van der Waals surface area contributed by atoms with Crippen molar-refractivity contribution in [2.45, 2.75) is 0 Å². The minimum absolute atomic E-state index is 0. The standard InChI is InChI=1S/2CH2O3.2Na.H/c2*2-1(3)4;;;/h2*(H2,2,3,4);;;/q;;2*+1;-1/p-1. The summed E-state index contributed by atoms with van der Waals surface area (Å²) in [5.41, 5.74) is 0. The first-order valence-corrected chi connectivity index (χ1v) is 1.26. The van der Waals surface area contributed by atoms with E-state index in [1.807, 2.05) is 0 Å². The van der Waals surface area contributed by atoms with Gasteiger partial charge in [0.1, 0.15) is 0 Å². The zero-order chi connectivity index (χ0) is 7.15. The maximum atomic E-state index is 8.56. The molecule has 0 unspecified atom stereocenters. The number of carbonyl (C=O) groups is 2. The molecule has 0 radical (unpaired) electrons. The van der Waals surface area contributed by atoms with Crippen molar-refractivity contribution in [2.75, 3.05) is 0 Å². The average Bonchev–Trinajstić information content (AvgIpc) is 1.25. The smallest absolute Gasteiger partial charge is 1.00 e. The van der Waals surface area contributed by atoms with Crippen molar-refractivity contribution >= 4 is 12.3 Å². The van der Waals surface area contributed by atoms with Gasteiger partial charge >= 0.3 is 66.7 Å². The summed E-state index contributed by atoms with van der Waals surface area (Å²) in [7, 11) is 0. The molecule has 6 nitrogen and oxygen atoms in total. The first-order chi connectivity index (χ1) is 3.46. The molecule has 0 amide bonds. The topological polar surface area (TPSA) is 121 Å². The van der Waals surface area contributed by atoms with Crippen LogP contribution in [0.25, 0.3) is 0 Å². The SMILES string of the molecule is O=C(O)O.O=C([O-])[O-].[H+].[H-].[Na+].[Na+]. The number of carbonyl (C=O) groups excluding carboxylic acids is 1. The van der Waals surface area contributed by atoms with Crippen molar-refractivity contribution in [1.82, 2.24) is 0 Å². The fourth-order valence-electron chi connectivity index (χ4n) is 0. The maximum Gasteiger partial charge on any atom is 1.00 e. The van der Waals surface area contributed by atoms with Gasteiger partial charge in [-0.25, -0.2) is 4.79 Å². The molecule has 8 heteroatoms. The Hall–Kier alpha value is 0.540. The van der Waals surface area contributed by atoms with Gasteiger partial charge in [0.2, 0.25) is 0 Å². The van der Waals surface area contributed by atoms with Gasteiger partial charge in [-0.05, 0) is 6.16 Å². The zero-order valence-corrected chi connectivity index (χ0v) is 9.53. The second-order valence-electron chi connectivity index (χ2n) is 0.533. The van der Waals surface area contributed by atoms with E-state index in [4.69, 9.17) is 30.0 Å². The van der Waals surface area contributed by atoms with Gasteiger partial charge in [-0.1, -0.05) is 0 Å². The van der Waals surface area contributed by atoms with E-state index >= 15 is 0 Å². The molecule has 2 N–H and O–H groups in total. The van der Waals surface area contributed by atoms with Crippen LogP contribution in [0.4, 0.5) is 9.59 Å². The molecule has 0 saturated heterocycles. The Labute approximate surface area is 103 Å². The monoisotopic (exact) mass is 170 g/mol. The van der Waals surface area contributed by atoms with Crippen molar-refractivity contribution in [2.24, 2.45) is 0 Å². The largest absolute Gasteiger partial charge is 1.00 e. The number of hydrogen-bond donors (Lipinski definition) is 2. The van der Waals surface area contributed by atoms with E-state index in [0.29, 0.717) is 0 Å². The summed E-state index contributed by atoms with van der Waals surface area (Å²) in [4.78, 5) is 16.9. The number of rotatable bonds is 0. The van der Waals surface area contributed by atoms with Crippen LogP contribution < -0.4 is 69.3 Å². The minimum atomic E-state index is -2.33. The predicted octanol–water partition coefficient (Wildman–Crippen LogP) is -7.99. The van der Waals surface area contributed by atoms with Crippen LogP contribution in [0.1, 0.15) is 2.85 Å². The molecule has 50 valence electrons. The van der Waals surface area contributed by atoms with Crippen LogP contribution >= 0.6 is 0 Å². The van der Waals surface area contributed by atoms with Crippen molar-refractivity contribution in [3.05, 3.63) is 0 Å². The van der Waals surface area contributed by atoms with Crippen LogP contribution in [0.3, 0.4) is 0 Å². The van der Waals surface area contributed by atoms with Gasteiger partial charge in [0.05, 0.1) is 0 Å². The van der Waals surface area contributed by atoms with E-state index in [2.05, 4.69) is 0 Å². The molecule has 10 heavy (non-hydrogen) atoms. The summed E-state index contributed by atoms with van der Waals surface area (Å²) in [6.07, 6.45) is -4.17. The Morgan fingerprint density at radius 1 is 1.20 bits per heavy atom. The third-order valence-corrected chi connectivity index (χ3v) is 0. The van der Waals surface area contributed by atoms with Crippen LogP contribution in [0, 0.1) is 0 Å². The fraction of sp³-hybridized carbons (Fsp3) is 0. The first kappa shape index (κ1) is 22.4. The predicted molar refractivity (Wildman–Crippen MR) is 18.3 cm³/mol. The van der Waals surface area contributed by atoms with Gasteiger partial charge in [-0.2, -0.15) is 0 Å². The van der Waals surface area contributed by atoms with Gasteiger partial charge in [0, 0.05) is 0 Å². The molecular formula is C2H4Na2O6. The number of carboxylic acid groups (broad SMARTS) is 4. The van der Waals surface area contributed by atoms with Crippen LogP contribution in [0.15, 0.2) is 0 Å². The molecule has 0 fully saturated rings. The van der Waals surface area contributed by atoms with E-state index in [0.717, 1.165) is 0 Å². The molecular weight excluding hydrogens is 166 g/mol. The van der Waals surface area contributed by atoms with Crippen molar-refractivity contribution in [3.8, 4) is 0 Å². The summed E-state index contributed by atoms with van der Waals surface area (Å²) < 4.78 is 0. The third kappa shape index (κ3) is 1660. The van der Waals surface area contributed by atoms with E-state index in [-0.39, 0.29) is 62.0 Å². The molecule has 0 aromatic rings. The van der Waals surface area contributed by atoms with Gasteiger partial charge in [0.15, 0.2) is 0 Å². The number of hydrogen-bond acceptors (Lipinski definition) is 4. The molecule has 0 aliphatic rings.